The summed E-state index contributed by atoms with van der Waals surface area (Å²) in [7, 11) is 0. The third kappa shape index (κ3) is 2.05. The number of rotatable bonds is 1. The third-order valence-corrected chi connectivity index (χ3v) is 3.94. The van der Waals surface area contributed by atoms with E-state index in [1.807, 2.05) is 0 Å². The van der Waals surface area contributed by atoms with Crippen molar-refractivity contribution in [2.75, 3.05) is 6.54 Å². The molecule has 2 heteroatoms. The Morgan fingerprint density at radius 2 is 2.17 bits per heavy atom. The molecule has 2 nitrogen and oxygen atoms in total. The molecule has 0 amide bonds. The highest BCUT2D eigenvalue weighted by atomic mass is 15.2. The number of piperidine rings is 1. The van der Waals surface area contributed by atoms with Crippen molar-refractivity contribution < 1.29 is 0 Å². The number of hydrogen-bond acceptors (Lipinski definition) is 2. The van der Waals surface area contributed by atoms with Gasteiger partial charge in [-0.05, 0) is 45.3 Å². The molecule has 0 spiro atoms. The van der Waals surface area contributed by atoms with E-state index in [9.17, 15) is 0 Å². The average molecular weight is 244 g/mol. The van der Waals surface area contributed by atoms with Crippen molar-refractivity contribution >= 4 is 0 Å². The monoisotopic (exact) mass is 244 g/mol. The molecule has 0 aromatic rings. The van der Waals surface area contributed by atoms with Gasteiger partial charge in [0.05, 0.1) is 6.04 Å². The van der Waals surface area contributed by atoms with Gasteiger partial charge in [-0.3, -0.25) is 0 Å². The molecule has 0 aromatic carbocycles. The van der Waals surface area contributed by atoms with Crippen molar-refractivity contribution in [3.05, 3.63) is 47.2 Å². The second kappa shape index (κ2) is 4.77. The van der Waals surface area contributed by atoms with Crippen LogP contribution in [0.2, 0.25) is 0 Å². The van der Waals surface area contributed by atoms with Crippen molar-refractivity contribution in [1.29, 1.82) is 0 Å². The SMILES string of the molecule is CC=CC1N2CC=CC(C)=C2/C(=C\C)CC1(C)N. The zero-order valence-corrected chi connectivity index (χ0v) is 11.9. The van der Waals surface area contributed by atoms with Gasteiger partial charge in [-0.1, -0.05) is 30.4 Å². The first kappa shape index (κ1) is 13.2. The number of hydrogen-bond donors (Lipinski definition) is 1. The predicted octanol–water partition coefficient (Wildman–Crippen LogP) is 3.14. The van der Waals surface area contributed by atoms with Crippen LogP contribution in [0.15, 0.2) is 47.2 Å². The van der Waals surface area contributed by atoms with Gasteiger partial charge < -0.3 is 10.6 Å². The standard InChI is InChI=1S/C16H24N2/c1-5-8-14-16(4,17)11-13(6-2)15-12(3)9-7-10-18(14)15/h5-9,14H,10-11,17H2,1-4H3/b8-5?,13-6-. The highest BCUT2D eigenvalue weighted by Gasteiger charge is 2.41. The Labute approximate surface area is 111 Å². The molecule has 0 aromatic heterocycles. The van der Waals surface area contributed by atoms with E-state index in [1.54, 1.807) is 0 Å². The molecule has 2 N–H and O–H groups in total. The van der Waals surface area contributed by atoms with E-state index in [4.69, 9.17) is 5.73 Å². The van der Waals surface area contributed by atoms with E-state index in [0.29, 0.717) is 0 Å². The number of nitrogens with zero attached hydrogens (tertiary/aromatic N) is 1. The number of allylic oxidation sites excluding steroid dienone is 5. The van der Waals surface area contributed by atoms with E-state index >= 15 is 0 Å². The van der Waals surface area contributed by atoms with Gasteiger partial charge in [-0.15, -0.1) is 0 Å². The van der Waals surface area contributed by atoms with E-state index < -0.39 is 0 Å². The molecule has 1 saturated heterocycles. The van der Waals surface area contributed by atoms with Gasteiger partial charge in [0.1, 0.15) is 0 Å². The molecular weight excluding hydrogens is 220 g/mol. The minimum Gasteiger partial charge on any atom is -0.359 e. The molecule has 0 radical (unpaired) electrons. The summed E-state index contributed by atoms with van der Waals surface area (Å²) in [6.45, 7) is 9.47. The van der Waals surface area contributed by atoms with Crippen molar-refractivity contribution in [3.63, 3.8) is 0 Å². The normalized spacial score (nSPS) is 34.6. The molecule has 2 aliphatic heterocycles. The van der Waals surface area contributed by atoms with Crippen molar-refractivity contribution in [3.8, 4) is 0 Å². The van der Waals surface area contributed by atoms with E-state index in [1.165, 1.54) is 16.8 Å². The molecule has 1 fully saturated rings. The summed E-state index contributed by atoms with van der Waals surface area (Å²) in [5.74, 6) is 0. The Kier molecular flexibility index (Phi) is 3.49. The predicted molar refractivity (Wildman–Crippen MR) is 78.1 cm³/mol. The maximum absolute atomic E-state index is 6.55. The van der Waals surface area contributed by atoms with Gasteiger partial charge in [0.2, 0.25) is 0 Å². The topological polar surface area (TPSA) is 29.3 Å². The van der Waals surface area contributed by atoms with E-state index in [0.717, 1.165) is 13.0 Å². The molecule has 2 heterocycles. The third-order valence-electron chi connectivity index (χ3n) is 3.94. The molecule has 0 bridgehead atoms. The molecule has 2 unspecified atom stereocenters. The van der Waals surface area contributed by atoms with E-state index in [2.05, 4.69) is 63.0 Å². The van der Waals surface area contributed by atoms with Gasteiger partial charge >= 0.3 is 0 Å². The summed E-state index contributed by atoms with van der Waals surface area (Å²) < 4.78 is 0. The fourth-order valence-electron chi connectivity index (χ4n) is 3.13. The minimum absolute atomic E-state index is 0.205. The lowest BCUT2D eigenvalue weighted by Gasteiger charge is -2.50. The molecule has 0 saturated carbocycles. The largest absolute Gasteiger partial charge is 0.359 e. The van der Waals surface area contributed by atoms with Gasteiger partial charge in [-0.2, -0.15) is 0 Å². The minimum atomic E-state index is -0.205. The Bertz CT molecular complexity index is 450. The van der Waals surface area contributed by atoms with Crippen LogP contribution in [-0.2, 0) is 0 Å². The summed E-state index contributed by atoms with van der Waals surface area (Å²) in [5.41, 5.74) is 10.4. The maximum atomic E-state index is 6.55. The Balaban J connectivity index is 2.52. The quantitative estimate of drug-likeness (QED) is 0.718. The molecule has 2 atom stereocenters. The molecule has 2 aliphatic rings. The van der Waals surface area contributed by atoms with Gasteiger partial charge in [0, 0.05) is 17.8 Å². The Morgan fingerprint density at radius 3 is 2.78 bits per heavy atom. The Morgan fingerprint density at radius 1 is 1.44 bits per heavy atom. The lowest BCUT2D eigenvalue weighted by molar-refractivity contribution is 0.191. The second-order valence-electron chi connectivity index (χ2n) is 5.55. The van der Waals surface area contributed by atoms with Crippen molar-refractivity contribution in [2.24, 2.45) is 5.73 Å². The highest BCUT2D eigenvalue weighted by molar-refractivity contribution is 5.45. The molecule has 0 aliphatic carbocycles. The van der Waals surface area contributed by atoms with Crippen LogP contribution < -0.4 is 5.73 Å². The first-order valence-electron chi connectivity index (χ1n) is 6.72. The van der Waals surface area contributed by atoms with Crippen LogP contribution in [0.25, 0.3) is 0 Å². The zero-order chi connectivity index (χ0) is 13.3. The summed E-state index contributed by atoms with van der Waals surface area (Å²) in [6, 6.07) is 0.279. The average Bonchev–Trinajstić information content (AvgIpc) is 2.32. The van der Waals surface area contributed by atoms with Gasteiger partial charge in [-0.25, -0.2) is 0 Å². The lowest BCUT2D eigenvalue weighted by atomic mass is 9.77. The molecular formula is C16H24N2. The first-order chi connectivity index (χ1) is 8.51. The fraction of sp³-hybridized carbons (Fsp3) is 0.500. The summed E-state index contributed by atoms with van der Waals surface area (Å²) in [5, 5.41) is 0. The van der Waals surface area contributed by atoms with Crippen LogP contribution in [0.3, 0.4) is 0 Å². The highest BCUT2D eigenvalue weighted by Crippen LogP contribution is 2.39. The number of fused-ring (bicyclic) bond motifs is 1. The first-order valence-corrected chi connectivity index (χ1v) is 6.72. The molecule has 18 heavy (non-hydrogen) atoms. The number of nitrogens with two attached hydrogens (primary N) is 1. The van der Waals surface area contributed by atoms with Crippen LogP contribution in [-0.4, -0.2) is 23.0 Å². The van der Waals surface area contributed by atoms with Gasteiger partial charge in [0.15, 0.2) is 0 Å². The van der Waals surface area contributed by atoms with Gasteiger partial charge in [0.25, 0.3) is 0 Å². The van der Waals surface area contributed by atoms with Crippen LogP contribution >= 0.6 is 0 Å². The van der Waals surface area contributed by atoms with Crippen LogP contribution in [0.4, 0.5) is 0 Å². The van der Waals surface area contributed by atoms with Crippen LogP contribution in [0.5, 0.6) is 0 Å². The smallest absolute Gasteiger partial charge is 0.0657 e. The van der Waals surface area contributed by atoms with Crippen molar-refractivity contribution in [2.45, 2.75) is 45.7 Å². The van der Waals surface area contributed by atoms with Crippen LogP contribution in [0, 0.1) is 0 Å². The van der Waals surface area contributed by atoms with Crippen LogP contribution in [0.1, 0.15) is 34.1 Å². The zero-order valence-electron chi connectivity index (χ0n) is 11.9. The summed E-state index contributed by atoms with van der Waals surface area (Å²) in [4.78, 5) is 2.44. The summed E-state index contributed by atoms with van der Waals surface area (Å²) in [6.07, 6.45) is 11.9. The maximum Gasteiger partial charge on any atom is 0.0657 e. The fourth-order valence-corrected chi connectivity index (χ4v) is 3.13. The van der Waals surface area contributed by atoms with Crippen molar-refractivity contribution in [1.82, 2.24) is 4.90 Å². The second-order valence-corrected chi connectivity index (χ2v) is 5.55. The lowest BCUT2D eigenvalue weighted by Crippen LogP contribution is -2.59. The Hall–Kier alpha value is -1.28. The molecule has 2 rings (SSSR count). The van der Waals surface area contributed by atoms with E-state index in [-0.39, 0.29) is 11.6 Å². The molecule has 98 valence electrons. The summed E-state index contributed by atoms with van der Waals surface area (Å²) >= 11 is 0.